The van der Waals surface area contributed by atoms with E-state index in [9.17, 15) is 0 Å². The Hall–Kier alpha value is 0.439. The molecule has 0 spiro atoms. The number of rotatable bonds is 10. The molecule has 19 heavy (non-hydrogen) atoms. The third-order valence-corrected chi connectivity index (χ3v) is 3.75. The molecular weight excluding hydrogens is 284 g/mol. The topological polar surface area (TPSA) is 52.0 Å². The van der Waals surface area contributed by atoms with Gasteiger partial charge in [0.05, 0.1) is 0 Å². The summed E-state index contributed by atoms with van der Waals surface area (Å²) in [5, 5.41) is 0. The fourth-order valence-electron chi connectivity index (χ4n) is 1.96. The van der Waals surface area contributed by atoms with Crippen LogP contribution >= 0.6 is 0 Å². The first-order valence-electron chi connectivity index (χ1n) is 8.09. The van der Waals surface area contributed by atoms with Crippen molar-refractivity contribution in [2.24, 2.45) is 23.3 Å². The van der Waals surface area contributed by atoms with Crippen molar-refractivity contribution < 1.29 is 17.1 Å². The Balaban J connectivity index is -0.000000256. The van der Waals surface area contributed by atoms with Gasteiger partial charge in [-0.2, -0.15) is 0 Å². The van der Waals surface area contributed by atoms with Crippen molar-refractivity contribution in [3.05, 3.63) is 0 Å². The Morgan fingerprint density at radius 2 is 1.00 bits per heavy atom. The quantitative estimate of drug-likeness (QED) is 0.589. The molecule has 0 saturated heterocycles. The molecule has 3 heteroatoms. The predicted octanol–water partition coefficient (Wildman–Crippen LogP) is 4.32. The molecule has 0 aromatic heterocycles. The average molecular weight is 322 g/mol. The predicted molar refractivity (Wildman–Crippen MR) is 84.7 cm³/mol. The molecule has 0 amide bonds. The third-order valence-electron chi connectivity index (χ3n) is 3.75. The van der Waals surface area contributed by atoms with E-state index < -0.39 is 0 Å². The Morgan fingerprint density at radius 3 is 1.16 bits per heavy atom. The zero-order valence-corrected chi connectivity index (χ0v) is 14.6. The van der Waals surface area contributed by atoms with E-state index in [2.05, 4.69) is 27.7 Å². The van der Waals surface area contributed by atoms with Crippen LogP contribution in [0.25, 0.3) is 0 Å². The van der Waals surface area contributed by atoms with E-state index in [-0.39, 0.29) is 17.1 Å². The molecule has 0 aliphatic rings. The zero-order valence-electron chi connectivity index (χ0n) is 13.7. The van der Waals surface area contributed by atoms with E-state index in [1.165, 1.54) is 51.4 Å². The smallest absolute Gasteiger partial charge is 0 e. The second-order valence-corrected chi connectivity index (χ2v) is 5.30. The standard InChI is InChI=1S/2C8H19N.Cu/c2*1-3-5-6-8(4-2)7-9;/h2*8H,3-7,9H2,1-2H3;. The summed E-state index contributed by atoms with van der Waals surface area (Å²) in [6.07, 6.45) is 10.4. The maximum Gasteiger partial charge on any atom is 0 e. The number of hydrogen-bond donors (Lipinski definition) is 2. The Kier molecular flexibility index (Phi) is 26.7. The molecule has 0 aliphatic heterocycles. The molecule has 0 heterocycles. The summed E-state index contributed by atoms with van der Waals surface area (Å²) in [7, 11) is 0. The van der Waals surface area contributed by atoms with Crippen LogP contribution in [0.15, 0.2) is 0 Å². The molecular formula is C16H38CuN2. The number of hydrogen-bond acceptors (Lipinski definition) is 2. The summed E-state index contributed by atoms with van der Waals surface area (Å²) in [5.41, 5.74) is 11.0. The van der Waals surface area contributed by atoms with Crippen LogP contribution in [0.3, 0.4) is 0 Å². The average Bonchev–Trinajstić information content (AvgIpc) is 2.42. The molecule has 1 radical (unpaired) electrons. The van der Waals surface area contributed by atoms with Gasteiger partial charge in [0.2, 0.25) is 0 Å². The van der Waals surface area contributed by atoms with E-state index in [0.29, 0.717) is 0 Å². The molecule has 2 unspecified atom stereocenters. The molecule has 4 N–H and O–H groups in total. The van der Waals surface area contributed by atoms with Gasteiger partial charge in [0.15, 0.2) is 0 Å². The molecule has 0 bridgehead atoms. The summed E-state index contributed by atoms with van der Waals surface area (Å²) in [6, 6.07) is 0. The van der Waals surface area contributed by atoms with Crippen LogP contribution in [0.1, 0.15) is 79.1 Å². The maximum atomic E-state index is 5.52. The van der Waals surface area contributed by atoms with Gasteiger partial charge >= 0.3 is 0 Å². The molecule has 2 atom stereocenters. The molecule has 0 aliphatic carbocycles. The van der Waals surface area contributed by atoms with Gasteiger partial charge in [-0.15, -0.1) is 0 Å². The summed E-state index contributed by atoms with van der Waals surface area (Å²) in [6.45, 7) is 10.6. The summed E-state index contributed by atoms with van der Waals surface area (Å²) >= 11 is 0. The van der Waals surface area contributed by atoms with Crippen LogP contribution < -0.4 is 11.5 Å². The number of nitrogens with two attached hydrogens (primary N) is 2. The van der Waals surface area contributed by atoms with Gasteiger partial charge in [-0.05, 0) is 37.8 Å². The molecule has 2 nitrogen and oxygen atoms in total. The molecule has 123 valence electrons. The maximum absolute atomic E-state index is 5.52. The Bertz CT molecular complexity index is 119. The first kappa shape index (κ1) is 24.5. The molecule has 0 aromatic rings. The largest absolute Gasteiger partial charge is 0.330 e. The first-order chi connectivity index (χ1) is 8.69. The van der Waals surface area contributed by atoms with E-state index in [0.717, 1.165) is 24.9 Å². The van der Waals surface area contributed by atoms with Gasteiger partial charge in [0, 0.05) is 17.1 Å². The van der Waals surface area contributed by atoms with Crippen molar-refractivity contribution >= 4 is 0 Å². The van der Waals surface area contributed by atoms with Gasteiger partial charge < -0.3 is 11.5 Å². The minimum atomic E-state index is 0. The van der Waals surface area contributed by atoms with E-state index in [1.54, 1.807) is 0 Å². The number of unbranched alkanes of at least 4 members (excludes halogenated alkanes) is 2. The summed E-state index contributed by atoms with van der Waals surface area (Å²) in [5.74, 6) is 1.56. The van der Waals surface area contributed by atoms with Gasteiger partial charge in [-0.25, -0.2) is 0 Å². The van der Waals surface area contributed by atoms with E-state index in [4.69, 9.17) is 11.5 Å². The van der Waals surface area contributed by atoms with Gasteiger partial charge in [0.1, 0.15) is 0 Å². The van der Waals surface area contributed by atoms with Crippen LogP contribution in [0.4, 0.5) is 0 Å². The van der Waals surface area contributed by atoms with E-state index in [1.807, 2.05) is 0 Å². The van der Waals surface area contributed by atoms with Crippen molar-refractivity contribution in [1.82, 2.24) is 0 Å². The van der Waals surface area contributed by atoms with Crippen LogP contribution in [-0.4, -0.2) is 13.1 Å². The van der Waals surface area contributed by atoms with Crippen LogP contribution in [0.2, 0.25) is 0 Å². The Morgan fingerprint density at radius 1 is 0.684 bits per heavy atom. The minimum Gasteiger partial charge on any atom is -0.330 e. The van der Waals surface area contributed by atoms with Gasteiger partial charge in [0.25, 0.3) is 0 Å². The van der Waals surface area contributed by atoms with Crippen LogP contribution in [0.5, 0.6) is 0 Å². The zero-order chi connectivity index (χ0) is 14.2. The van der Waals surface area contributed by atoms with Crippen LogP contribution in [-0.2, 0) is 17.1 Å². The Labute approximate surface area is 132 Å². The second-order valence-electron chi connectivity index (χ2n) is 5.30. The first-order valence-corrected chi connectivity index (χ1v) is 8.09. The van der Waals surface area contributed by atoms with Crippen molar-refractivity contribution in [3.8, 4) is 0 Å². The van der Waals surface area contributed by atoms with Crippen molar-refractivity contribution in [2.45, 2.75) is 79.1 Å². The van der Waals surface area contributed by atoms with E-state index >= 15 is 0 Å². The summed E-state index contributed by atoms with van der Waals surface area (Å²) < 4.78 is 0. The summed E-state index contributed by atoms with van der Waals surface area (Å²) in [4.78, 5) is 0. The van der Waals surface area contributed by atoms with Crippen LogP contribution in [0, 0.1) is 11.8 Å². The molecule has 0 rings (SSSR count). The van der Waals surface area contributed by atoms with Crippen molar-refractivity contribution in [2.75, 3.05) is 13.1 Å². The third kappa shape index (κ3) is 18.4. The minimum absolute atomic E-state index is 0. The second kappa shape index (κ2) is 20.8. The SMILES string of the molecule is CCCCC(CC)CN.CCCCC(CC)CN.[Cu]. The van der Waals surface area contributed by atoms with Gasteiger partial charge in [-0.3, -0.25) is 0 Å². The van der Waals surface area contributed by atoms with Gasteiger partial charge in [-0.1, -0.05) is 66.2 Å². The molecule has 0 fully saturated rings. The fraction of sp³-hybridized carbons (Fsp3) is 1.00. The fourth-order valence-corrected chi connectivity index (χ4v) is 1.96. The monoisotopic (exact) mass is 321 g/mol. The molecule has 0 saturated carbocycles. The molecule has 0 aromatic carbocycles. The normalized spacial score (nSPS) is 12.9. The van der Waals surface area contributed by atoms with Crippen molar-refractivity contribution in [1.29, 1.82) is 0 Å². The van der Waals surface area contributed by atoms with Crippen molar-refractivity contribution in [3.63, 3.8) is 0 Å².